The Morgan fingerprint density at radius 2 is 2.35 bits per heavy atom. The number of amides is 1. The second kappa shape index (κ2) is 6.64. The van der Waals surface area contributed by atoms with E-state index in [4.69, 9.17) is 5.73 Å². The molecule has 0 saturated heterocycles. The average Bonchev–Trinajstić information content (AvgIpc) is 2.82. The molecule has 2 atom stereocenters. The van der Waals surface area contributed by atoms with E-state index in [1.165, 1.54) is 11.1 Å². The highest BCUT2D eigenvalue weighted by Crippen LogP contribution is 2.38. The summed E-state index contributed by atoms with van der Waals surface area (Å²) >= 11 is 1.94. The van der Waals surface area contributed by atoms with Gasteiger partial charge in [0.15, 0.2) is 0 Å². The molecule has 2 unspecified atom stereocenters. The summed E-state index contributed by atoms with van der Waals surface area (Å²) in [5.41, 5.74) is 7.78. The largest absolute Gasteiger partial charge is 0.368 e. The van der Waals surface area contributed by atoms with Crippen LogP contribution >= 0.6 is 11.8 Å². The molecule has 0 radical (unpaired) electrons. The summed E-state index contributed by atoms with van der Waals surface area (Å²) in [5.74, 6) is 0.811. The maximum Gasteiger partial charge on any atom is 0.237 e. The van der Waals surface area contributed by atoms with Gasteiger partial charge in [0.25, 0.3) is 0 Å². The van der Waals surface area contributed by atoms with Crippen LogP contribution in [0.3, 0.4) is 0 Å². The number of likely N-dealkylation sites (N-methyl/N-ethyl adjacent to an activating group) is 1. The quantitative estimate of drug-likeness (QED) is 0.847. The highest BCUT2D eigenvalue weighted by molar-refractivity contribution is 7.99. The minimum absolute atomic E-state index is 0.196. The second-order valence-electron chi connectivity index (χ2n) is 5.64. The summed E-state index contributed by atoms with van der Waals surface area (Å²) in [6, 6.07) is 8.62. The van der Waals surface area contributed by atoms with Gasteiger partial charge in [-0.2, -0.15) is 11.8 Å². The molecule has 110 valence electrons. The van der Waals surface area contributed by atoms with Gasteiger partial charge in [-0.05, 0) is 38.3 Å². The molecule has 1 fully saturated rings. The predicted molar refractivity (Wildman–Crippen MR) is 85.7 cm³/mol. The topological polar surface area (TPSA) is 55.1 Å². The van der Waals surface area contributed by atoms with E-state index in [-0.39, 0.29) is 5.91 Å². The molecule has 3 N–H and O–H groups in total. The van der Waals surface area contributed by atoms with E-state index < -0.39 is 5.54 Å². The van der Waals surface area contributed by atoms with E-state index in [0.717, 1.165) is 31.6 Å². The lowest BCUT2D eigenvalue weighted by Gasteiger charge is -2.26. The molecule has 1 aliphatic carbocycles. The van der Waals surface area contributed by atoms with Crippen molar-refractivity contribution in [2.45, 2.75) is 49.7 Å². The number of thioether (sulfide) groups is 1. The van der Waals surface area contributed by atoms with Gasteiger partial charge in [0, 0.05) is 11.0 Å². The first-order chi connectivity index (χ1) is 9.55. The summed E-state index contributed by atoms with van der Waals surface area (Å²) in [7, 11) is 0. The number of hydrogen-bond acceptors (Lipinski definition) is 3. The van der Waals surface area contributed by atoms with E-state index in [9.17, 15) is 4.79 Å². The zero-order valence-electron chi connectivity index (χ0n) is 12.3. The first-order valence-electron chi connectivity index (χ1n) is 7.28. The number of carbonyl (C=O) groups excluding carboxylic acids is 1. The zero-order valence-corrected chi connectivity index (χ0v) is 13.1. The van der Waals surface area contributed by atoms with E-state index in [0.29, 0.717) is 5.25 Å². The molecule has 20 heavy (non-hydrogen) atoms. The lowest BCUT2D eigenvalue weighted by Crippen LogP contribution is -2.53. The molecular formula is C16H24N2OS. The molecule has 1 amide bonds. The second-order valence-corrected chi connectivity index (χ2v) is 6.93. The minimum Gasteiger partial charge on any atom is -0.368 e. The van der Waals surface area contributed by atoms with Crippen molar-refractivity contribution in [2.75, 3.05) is 6.54 Å². The van der Waals surface area contributed by atoms with Crippen LogP contribution in [0.2, 0.25) is 0 Å². The van der Waals surface area contributed by atoms with Crippen LogP contribution in [0.1, 0.15) is 37.3 Å². The van der Waals surface area contributed by atoms with Crippen LogP contribution in [-0.4, -0.2) is 23.2 Å². The average molecular weight is 292 g/mol. The van der Waals surface area contributed by atoms with Gasteiger partial charge in [-0.1, -0.05) is 36.8 Å². The molecule has 4 heteroatoms. The van der Waals surface area contributed by atoms with Gasteiger partial charge < -0.3 is 11.1 Å². The fourth-order valence-electron chi connectivity index (χ4n) is 2.97. The third-order valence-electron chi connectivity index (χ3n) is 4.02. The summed E-state index contributed by atoms with van der Waals surface area (Å²) in [4.78, 5) is 11.7. The molecule has 0 aliphatic heterocycles. The van der Waals surface area contributed by atoms with Gasteiger partial charge in [-0.3, -0.25) is 4.79 Å². The molecule has 0 aromatic heterocycles. The number of primary amides is 1. The van der Waals surface area contributed by atoms with Crippen LogP contribution in [0.25, 0.3) is 0 Å². The van der Waals surface area contributed by atoms with Gasteiger partial charge >= 0.3 is 0 Å². The zero-order chi connectivity index (χ0) is 14.6. The Labute approximate surface area is 125 Å². The molecule has 1 aliphatic rings. The van der Waals surface area contributed by atoms with Gasteiger partial charge in [0.05, 0.1) is 5.54 Å². The van der Waals surface area contributed by atoms with Crippen LogP contribution in [0, 0.1) is 6.92 Å². The number of carbonyl (C=O) groups is 1. The Balaban J connectivity index is 1.91. The normalized spacial score (nSPS) is 25.8. The van der Waals surface area contributed by atoms with Crippen molar-refractivity contribution >= 4 is 17.7 Å². The number of benzene rings is 1. The molecule has 0 spiro atoms. The SMILES string of the molecule is CCNC1(C(N)=O)CCC(SCc2cccc(C)c2)C1. The Morgan fingerprint density at radius 3 is 3.00 bits per heavy atom. The number of aryl methyl sites for hydroxylation is 1. The smallest absolute Gasteiger partial charge is 0.237 e. The van der Waals surface area contributed by atoms with Crippen LogP contribution in [-0.2, 0) is 10.5 Å². The number of hydrogen-bond donors (Lipinski definition) is 2. The summed E-state index contributed by atoms with van der Waals surface area (Å²) < 4.78 is 0. The van der Waals surface area contributed by atoms with Gasteiger partial charge in [0.2, 0.25) is 5.91 Å². The monoisotopic (exact) mass is 292 g/mol. The first kappa shape index (κ1) is 15.4. The number of nitrogens with two attached hydrogens (primary N) is 1. The third-order valence-corrected chi connectivity index (χ3v) is 5.40. The molecule has 0 heterocycles. The van der Waals surface area contributed by atoms with E-state index in [1.54, 1.807) is 0 Å². The Kier molecular flexibility index (Phi) is 5.11. The summed E-state index contributed by atoms with van der Waals surface area (Å²) in [5, 5.41) is 3.82. The van der Waals surface area contributed by atoms with Crippen molar-refractivity contribution in [3.63, 3.8) is 0 Å². The van der Waals surface area contributed by atoms with Gasteiger partial charge in [-0.15, -0.1) is 0 Å². The first-order valence-corrected chi connectivity index (χ1v) is 8.33. The lowest BCUT2D eigenvalue weighted by molar-refractivity contribution is -0.124. The van der Waals surface area contributed by atoms with Crippen molar-refractivity contribution in [3.8, 4) is 0 Å². The summed E-state index contributed by atoms with van der Waals surface area (Å²) in [6.45, 7) is 4.93. The summed E-state index contributed by atoms with van der Waals surface area (Å²) in [6.07, 6.45) is 2.78. The van der Waals surface area contributed by atoms with Crippen LogP contribution in [0.5, 0.6) is 0 Å². The Morgan fingerprint density at radius 1 is 1.55 bits per heavy atom. The third kappa shape index (κ3) is 3.55. The Hall–Kier alpha value is -1.00. The fourth-order valence-corrected chi connectivity index (χ4v) is 4.26. The van der Waals surface area contributed by atoms with E-state index >= 15 is 0 Å². The van der Waals surface area contributed by atoms with Crippen molar-refractivity contribution in [1.82, 2.24) is 5.32 Å². The van der Waals surface area contributed by atoms with Crippen LogP contribution in [0.4, 0.5) is 0 Å². The molecule has 1 aromatic carbocycles. The molecule has 2 rings (SSSR count). The maximum atomic E-state index is 11.7. The van der Waals surface area contributed by atoms with Crippen molar-refractivity contribution < 1.29 is 4.79 Å². The number of nitrogens with one attached hydrogen (secondary N) is 1. The van der Waals surface area contributed by atoms with E-state index in [1.807, 2.05) is 18.7 Å². The lowest BCUT2D eigenvalue weighted by atomic mass is 9.97. The van der Waals surface area contributed by atoms with Crippen molar-refractivity contribution in [1.29, 1.82) is 0 Å². The molecule has 3 nitrogen and oxygen atoms in total. The Bertz CT molecular complexity index is 477. The molecule has 1 saturated carbocycles. The molecule has 0 bridgehead atoms. The minimum atomic E-state index is -0.473. The van der Waals surface area contributed by atoms with Gasteiger partial charge in [0.1, 0.15) is 0 Å². The van der Waals surface area contributed by atoms with Crippen molar-refractivity contribution in [2.24, 2.45) is 5.73 Å². The predicted octanol–water partition coefficient (Wildman–Crippen LogP) is 2.61. The van der Waals surface area contributed by atoms with Crippen molar-refractivity contribution in [3.05, 3.63) is 35.4 Å². The highest BCUT2D eigenvalue weighted by Gasteiger charge is 2.43. The van der Waals surface area contributed by atoms with Gasteiger partial charge in [-0.25, -0.2) is 0 Å². The maximum absolute atomic E-state index is 11.7. The fraction of sp³-hybridized carbons (Fsp3) is 0.562. The molecule has 1 aromatic rings. The standard InChI is InChI=1S/C16H24N2OS/c1-3-18-16(15(17)19)8-7-14(10-16)20-11-13-6-4-5-12(2)9-13/h4-6,9,14,18H,3,7-8,10-11H2,1-2H3,(H2,17,19). The van der Waals surface area contributed by atoms with E-state index in [2.05, 4.69) is 36.5 Å². The van der Waals surface area contributed by atoms with Crippen LogP contribution in [0.15, 0.2) is 24.3 Å². The highest BCUT2D eigenvalue weighted by atomic mass is 32.2. The number of rotatable bonds is 6. The van der Waals surface area contributed by atoms with Crippen LogP contribution < -0.4 is 11.1 Å². The molecular weight excluding hydrogens is 268 g/mol.